The second-order valence-corrected chi connectivity index (χ2v) is 6.22. The Labute approximate surface area is 88.2 Å². The average molecular weight is 196 g/mol. The molecule has 0 atom stereocenters. The van der Waals surface area contributed by atoms with Crippen LogP contribution < -0.4 is 0 Å². The first-order valence-corrected chi connectivity index (χ1v) is 6.10. The van der Waals surface area contributed by atoms with Crippen molar-refractivity contribution in [3.05, 3.63) is 0 Å². The van der Waals surface area contributed by atoms with Crippen LogP contribution in [0.4, 0.5) is 0 Å². The molecule has 0 amide bonds. The van der Waals surface area contributed by atoms with Crippen LogP contribution in [-0.2, 0) is 4.74 Å². The molecule has 0 aliphatic heterocycles. The predicted octanol–water partition coefficient (Wildman–Crippen LogP) is 3.63. The highest BCUT2D eigenvalue weighted by Crippen LogP contribution is 2.77. The molecular weight excluding hydrogens is 172 g/mol. The molecule has 82 valence electrons. The average Bonchev–Trinajstić information content (AvgIpc) is 1.89. The van der Waals surface area contributed by atoms with Gasteiger partial charge in [0.15, 0.2) is 0 Å². The lowest BCUT2D eigenvalue weighted by Gasteiger charge is -2.73. The van der Waals surface area contributed by atoms with Crippen molar-refractivity contribution in [2.75, 3.05) is 6.61 Å². The minimum atomic E-state index is 0.404. The van der Waals surface area contributed by atoms with Gasteiger partial charge in [-0.15, -0.1) is 0 Å². The van der Waals surface area contributed by atoms with Gasteiger partial charge in [-0.3, -0.25) is 0 Å². The predicted molar refractivity (Wildman–Crippen MR) is 59.3 cm³/mol. The van der Waals surface area contributed by atoms with Crippen molar-refractivity contribution >= 4 is 0 Å². The summed E-state index contributed by atoms with van der Waals surface area (Å²) in [5, 5.41) is 0. The van der Waals surface area contributed by atoms with E-state index in [9.17, 15) is 0 Å². The Morgan fingerprint density at radius 3 is 2.07 bits per heavy atom. The van der Waals surface area contributed by atoms with Gasteiger partial charge in [0.1, 0.15) is 0 Å². The van der Waals surface area contributed by atoms with Crippen LogP contribution in [0.15, 0.2) is 0 Å². The molecule has 3 fully saturated rings. The van der Waals surface area contributed by atoms with Crippen LogP contribution in [0, 0.1) is 16.7 Å². The summed E-state index contributed by atoms with van der Waals surface area (Å²) in [5.41, 5.74) is 1.48. The van der Waals surface area contributed by atoms with Crippen LogP contribution in [-0.4, -0.2) is 12.7 Å². The first-order valence-electron chi connectivity index (χ1n) is 6.10. The van der Waals surface area contributed by atoms with Crippen molar-refractivity contribution in [3.8, 4) is 0 Å². The monoisotopic (exact) mass is 196 g/mol. The molecular formula is C13H24O. The molecule has 3 rings (SSSR count). The van der Waals surface area contributed by atoms with Gasteiger partial charge in [0.2, 0.25) is 0 Å². The first-order chi connectivity index (χ1) is 6.48. The lowest BCUT2D eigenvalue weighted by molar-refractivity contribution is -0.238. The van der Waals surface area contributed by atoms with Crippen LogP contribution in [0.1, 0.15) is 53.4 Å². The molecule has 1 heteroatoms. The first kappa shape index (κ1) is 10.5. The molecule has 0 aromatic carbocycles. The highest BCUT2D eigenvalue weighted by atomic mass is 16.5. The van der Waals surface area contributed by atoms with Gasteiger partial charge in [-0.2, -0.15) is 0 Å². The van der Waals surface area contributed by atoms with E-state index in [1.165, 1.54) is 25.7 Å². The summed E-state index contributed by atoms with van der Waals surface area (Å²) in [7, 11) is 0. The molecule has 0 N–H and O–H groups in total. The second-order valence-electron chi connectivity index (χ2n) is 6.22. The van der Waals surface area contributed by atoms with Gasteiger partial charge < -0.3 is 4.74 Å². The molecule has 0 spiro atoms. The third-order valence-corrected chi connectivity index (χ3v) is 4.49. The Bertz CT molecular complexity index is 198. The number of rotatable bonds is 5. The van der Waals surface area contributed by atoms with Gasteiger partial charge in [0, 0.05) is 6.61 Å². The second kappa shape index (κ2) is 3.23. The Kier molecular flexibility index (Phi) is 2.42. The van der Waals surface area contributed by atoms with E-state index in [0.717, 1.165) is 23.4 Å². The SMILES string of the molecule is CC(C)OCCC12CC(C(C)C)(C1)C2. The molecule has 0 aromatic rings. The summed E-state index contributed by atoms with van der Waals surface area (Å²) in [5.74, 6) is 0.899. The Hall–Kier alpha value is -0.0400. The minimum absolute atomic E-state index is 0.404. The molecule has 3 aliphatic rings. The fraction of sp³-hybridized carbons (Fsp3) is 1.00. The lowest BCUT2D eigenvalue weighted by atomic mass is 9.32. The standard InChI is InChI=1S/C13H24O/c1-10(2)13-7-12(8-13,9-13)5-6-14-11(3)4/h10-11H,5-9H2,1-4H3. The fourth-order valence-corrected chi connectivity index (χ4v) is 3.47. The van der Waals surface area contributed by atoms with E-state index in [0.29, 0.717) is 6.10 Å². The minimum Gasteiger partial charge on any atom is -0.379 e. The van der Waals surface area contributed by atoms with Gasteiger partial charge in [0.25, 0.3) is 0 Å². The summed E-state index contributed by atoms with van der Waals surface area (Å²) in [6.07, 6.45) is 6.17. The number of hydrogen-bond acceptors (Lipinski definition) is 1. The highest BCUT2D eigenvalue weighted by Gasteiger charge is 2.67. The van der Waals surface area contributed by atoms with Crippen LogP contribution in [0.3, 0.4) is 0 Å². The van der Waals surface area contributed by atoms with Crippen molar-refractivity contribution in [2.24, 2.45) is 16.7 Å². The summed E-state index contributed by atoms with van der Waals surface area (Å²) < 4.78 is 5.63. The van der Waals surface area contributed by atoms with Gasteiger partial charge >= 0.3 is 0 Å². The summed E-state index contributed by atoms with van der Waals surface area (Å²) >= 11 is 0. The van der Waals surface area contributed by atoms with Crippen LogP contribution >= 0.6 is 0 Å². The van der Waals surface area contributed by atoms with E-state index in [2.05, 4.69) is 27.7 Å². The van der Waals surface area contributed by atoms with Gasteiger partial charge in [-0.25, -0.2) is 0 Å². The van der Waals surface area contributed by atoms with E-state index in [-0.39, 0.29) is 0 Å². The molecule has 3 aliphatic carbocycles. The largest absolute Gasteiger partial charge is 0.379 e. The molecule has 14 heavy (non-hydrogen) atoms. The highest BCUT2D eigenvalue weighted by molar-refractivity contribution is 5.17. The van der Waals surface area contributed by atoms with Crippen molar-refractivity contribution in [2.45, 2.75) is 59.5 Å². The third kappa shape index (κ3) is 1.50. The van der Waals surface area contributed by atoms with Crippen LogP contribution in [0.5, 0.6) is 0 Å². The van der Waals surface area contributed by atoms with Crippen LogP contribution in [0.25, 0.3) is 0 Å². The van der Waals surface area contributed by atoms with E-state index < -0.39 is 0 Å². The maximum Gasteiger partial charge on any atom is 0.0518 e. The van der Waals surface area contributed by atoms with Gasteiger partial charge in [0.05, 0.1) is 6.10 Å². The lowest BCUT2D eigenvalue weighted by Crippen LogP contribution is -2.64. The number of hydrogen-bond donors (Lipinski definition) is 0. The molecule has 0 radical (unpaired) electrons. The Balaban J connectivity index is 1.68. The maximum atomic E-state index is 5.63. The van der Waals surface area contributed by atoms with E-state index in [1.807, 2.05) is 0 Å². The van der Waals surface area contributed by atoms with E-state index in [4.69, 9.17) is 4.74 Å². The maximum absolute atomic E-state index is 5.63. The molecule has 0 saturated heterocycles. The topological polar surface area (TPSA) is 9.23 Å². The Morgan fingerprint density at radius 2 is 1.64 bits per heavy atom. The zero-order valence-corrected chi connectivity index (χ0v) is 10.1. The molecule has 0 heterocycles. The van der Waals surface area contributed by atoms with Crippen LogP contribution in [0.2, 0.25) is 0 Å². The summed E-state index contributed by atoms with van der Waals surface area (Å²) in [6.45, 7) is 9.99. The fourth-order valence-electron chi connectivity index (χ4n) is 3.47. The summed E-state index contributed by atoms with van der Waals surface area (Å²) in [6, 6.07) is 0. The smallest absolute Gasteiger partial charge is 0.0518 e. The molecule has 1 nitrogen and oxygen atoms in total. The molecule has 0 unspecified atom stereocenters. The zero-order chi connectivity index (χ0) is 10.4. The van der Waals surface area contributed by atoms with E-state index >= 15 is 0 Å². The van der Waals surface area contributed by atoms with Crippen molar-refractivity contribution in [1.82, 2.24) is 0 Å². The quantitative estimate of drug-likeness (QED) is 0.652. The molecule has 3 saturated carbocycles. The Morgan fingerprint density at radius 1 is 1.07 bits per heavy atom. The zero-order valence-electron chi connectivity index (χ0n) is 10.1. The molecule has 0 aromatic heterocycles. The summed E-state index contributed by atoms with van der Waals surface area (Å²) in [4.78, 5) is 0. The van der Waals surface area contributed by atoms with Crippen molar-refractivity contribution in [3.63, 3.8) is 0 Å². The third-order valence-electron chi connectivity index (χ3n) is 4.49. The molecule has 2 bridgehead atoms. The normalized spacial score (nSPS) is 39.9. The van der Waals surface area contributed by atoms with Gasteiger partial charge in [-0.05, 0) is 56.3 Å². The van der Waals surface area contributed by atoms with Crippen molar-refractivity contribution < 1.29 is 4.74 Å². The van der Waals surface area contributed by atoms with E-state index in [1.54, 1.807) is 0 Å². The van der Waals surface area contributed by atoms with Gasteiger partial charge in [-0.1, -0.05) is 13.8 Å². The number of ether oxygens (including phenoxy) is 1. The van der Waals surface area contributed by atoms with Crippen molar-refractivity contribution in [1.29, 1.82) is 0 Å².